The number of esters is 1. The maximum atomic E-state index is 12.5. The van der Waals surface area contributed by atoms with Crippen LogP contribution in [0.3, 0.4) is 0 Å². The van der Waals surface area contributed by atoms with E-state index >= 15 is 0 Å². The average molecular weight is 402 g/mol. The molecule has 0 bridgehead atoms. The maximum Gasteiger partial charge on any atom is 1.00 e. The Kier molecular flexibility index (Phi) is 5.91. The first-order valence-electron chi connectivity index (χ1n) is 8.79. The van der Waals surface area contributed by atoms with Gasteiger partial charge in [0.1, 0.15) is 23.0 Å². The van der Waals surface area contributed by atoms with Crippen LogP contribution in [0.2, 0.25) is 0 Å². The van der Waals surface area contributed by atoms with Crippen molar-refractivity contribution in [3.05, 3.63) is 82.9 Å². The fourth-order valence-corrected chi connectivity index (χ4v) is 3.65. The second-order valence-corrected chi connectivity index (χ2v) is 6.40. The minimum Gasteiger partial charge on any atom is -1.00 e. The van der Waals surface area contributed by atoms with E-state index < -0.39 is 11.6 Å². The number of phenols is 2. The van der Waals surface area contributed by atoms with E-state index in [2.05, 4.69) is 0 Å². The number of aliphatic hydroxyl groups excluding tert-OH is 1. The zero-order valence-corrected chi connectivity index (χ0v) is 18.0. The minimum absolute atomic E-state index is 0. The summed E-state index contributed by atoms with van der Waals surface area (Å²) in [7, 11) is 0. The molecule has 3 aromatic carbocycles. The number of hydrogen-bond donors (Lipinski definition) is 3. The van der Waals surface area contributed by atoms with Crippen LogP contribution >= 0.6 is 0 Å². The predicted octanol–water partition coefficient (Wildman–Crippen LogP) is 0.781. The second kappa shape index (κ2) is 8.08. The molecule has 5 rings (SSSR count). The molecule has 2 heterocycles. The molecule has 1 spiro atoms. The summed E-state index contributed by atoms with van der Waals surface area (Å²) in [5.74, 6) is 0.408. The second-order valence-electron chi connectivity index (χ2n) is 6.40. The van der Waals surface area contributed by atoms with Gasteiger partial charge in [-0.1, -0.05) is 18.2 Å². The van der Waals surface area contributed by atoms with Crippen molar-refractivity contribution in [3.63, 3.8) is 0 Å². The van der Waals surface area contributed by atoms with Gasteiger partial charge in [0.05, 0.1) is 5.56 Å². The van der Waals surface area contributed by atoms with Gasteiger partial charge in [0.15, 0.2) is 5.60 Å². The first-order valence-corrected chi connectivity index (χ1v) is 8.79. The van der Waals surface area contributed by atoms with E-state index in [-0.39, 0.29) is 49.1 Å². The van der Waals surface area contributed by atoms with Crippen molar-refractivity contribution in [1.82, 2.24) is 0 Å². The van der Waals surface area contributed by atoms with Crippen LogP contribution < -0.4 is 34.3 Å². The monoisotopic (exact) mass is 402 g/mol. The average Bonchev–Trinajstić information content (AvgIpc) is 2.96. The summed E-state index contributed by atoms with van der Waals surface area (Å²) in [5.41, 5.74) is 1.28. The Balaban J connectivity index is 0.000000607. The largest absolute Gasteiger partial charge is 1.00 e. The Morgan fingerprint density at radius 2 is 1.41 bits per heavy atom. The summed E-state index contributed by atoms with van der Waals surface area (Å²) >= 11 is 0. The molecule has 144 valence electrons. The molecule has 2 aliphatic rings. The molecule has 0 aromatic heterocycles. The van der Waals surface area contributed by atoms with Gasteiger partial charge in [-0.15, -0.1) is 0 Å². The normalized spacial score (nSPS) is 14.2. The van der Waals surface area contributed by atoms with Crippen LogP contribution in [0.25, 0.3) is 0 Å². The first-order chi connectivity index (χ1) is 13.5. The third kappa shape index (κ3) is 3.28. The van der Waals surface area contributed by atoms with Crippen molar-refractivity contribution in [2.45, 2.75) is 12.5 Å². The molecule has 0 fully saturated rings. The summed E-state index contributed by atoms with van der Waals surface area (Å²) < 4.78 is 11.8. The molecule has 3 N–H and O–H groups in total. The summed E-state index contributed by atoms with van der Waals surface area (Å²) in [4.78, 5) is 12.5. The Labute approximate surface area is 191 Å². The summed E-state index contributed by atoms with van der Waals surface area (Å²) in [6.45, 7) is 1.93. The molecule has 6 nitrogen and oxygen atoms in total. The molecule has 2 aliphatic heterocycles. The fraction of sp³-hybridized carbons (Fsp3) is 0.136. The molecule has 0 radical (unpaired) electrons. The quantitative estimate of drug-likeness (QED) is 0.380. The van der Waals surface area contributed by atoms with Crippen LogP contribution in [-0.2, 0) is 10.3 Å². The van der Waals surface area contributed by atoms with Gasteiger partial charge in [0.25, 0.3) is 0 Å². The molecule has 0 saturated heterocycles. The van der Waals surface area contributed by atoms with E-state index in [9.17, 15) is 15.0 Å². The number of ether oxygens (including phenoxy) is 2. The number of fused-ring (bicyclic) bond motifs is 6. The van der Waals surface area contributed by atoms with Gasteiger partial charge in [0, 0.05) is 35.4 Å². The topological polar surface area (TPSA) is 96.2 Å². The van der Waals surface area contributed by atoms with Gasteiger partial charge in [0.2, 0.25) is 0 Å². The van der Waals surface area contributed by atoms with Crippen LogP contribution in [0.5, 0.6) is 23.0 Å². The van der Waals surface area contributed by atoms with Crippen molar-refractivity contribution in [2.24, 2.45) is 0 Å². The number of benzene rings is 3. The Hall–Kier alpha value is -2.51. The first kappa shape index (κ1) is 21.2. The van der Waals surface area contributed by atoms with Gasteiger partial charge in [-0.25, -0.2) is 4.79 Å². The SMILES string of the molecule is CCO.O=C1OC2(c3ccc(O)cc3Oc3cc(O)ccc32)c2ccccc21.[H-].[Na+]. The molecule has 0 saturated carbocycles. The Morgan fingerprint density at radius 1 is 0.897 bits per heavy atom. The van der Waals surface area contributed by atoms with Gasteiger partial charge in [-0.3, -0.25) is 0 Å². The van der Waals surface area contributed by atoms with Crippen LogP contribution in [0.1, 0.15) is 35.4 Å². The zero-order chi connectivity index (χ0) is 19.9. The smallest absolute Gasteiger partial charge is 1.00 e. The van der Waals surface area contributed by atoms with Crippen LogP contribution in [0.15, 0.2) is 60.7 Å². The standard InChI is InChI=1S/C20H12O5.C2H6O.Na.H/c21-11-5-7-15-17(9-11)24-18-10-12(22)6-8-16(18)20(15)14-4-2-1-3-13(14)19(23)25-20;1-2-3;;/h1-10,21-22H;3H,2H2,1H3;;/q;;+1;-1. The summed E-state index contributed by atoms with van der Waals surface area (Å²) in [5, 5.41) is 27.2. The number of rotatable bonds is 0. The van der Waals surface area contributed by atoms with Gasteiger partial charge in [-0.2, -0.15) is 0 Å². The zero-order valence-electron chi connectivity index (χ0n) is 17.0. The van der Waals surface area contributed by atoms with E-state index in [1.54, 1.807) is 31.2 Å². The molecule has 3 aromatic rings. The van der Waals surface area contributed by atoms with E-state index in [0.717, 1.165) is 0 Å². The molecule has 0 atom stereocenters. The molecule has 0 aliphatic carbocycles. The van der Waals surface area contributed by atoms with E-state index in [1.807, 2.05) is 12.1 Å². The fourth-order valence-electron chi connectivity index (χ4n) is 3.65. The van der Waals surface area contributed by atoms with Crippen LogP contribution in [0, 0.1) is 0 Å². The van der Waals surface area contributed by atoms with E-state index in [0.29, 0.717) is 33.8 Å². The summed E-state index contributed by atoms with van der Waals surface area (Å²) in [6, 6.07) is 16.6. The van der Waals surface area contributed by atoms with Crippen LogP contribution in [0.4, 0.5) is 0 Å². The third-order valence-corrected chi connectivity index (χ3v) is 4.68. The molecular weight excluding hydrogens is 383 g/mol. The van der Waals surface area contributed by atoms with Crippen LogP contribution in [-0.4, -0.2) is 27.9 Å². The van der Waals surface area contributed by atoms with E-state index in [1.165, 1.54) is 24.3 Å². The molecule has 7 heteroatoms. The van der Waals surface area contributed by atoms with Crippen molar-refractivity contribution in [2.75, 3.05) is 6.61 Å². The van der Waals surface area contributed by atoms with Gasteiger partial charge >= 0.3 is 35.5 Å². The molecule has 29 heavy (non-hydrogen) atoms. The number of phenolic OH excluding ortho intramolecular Hbond substituents is 2. The number of carbonyl (C=O) groups is 1. The molecule has 0 amide bonds. The number of carbonyl (C=O) groups excluding carboxylic acids is 1. The number of hydrogen-bond acceptors (Lipinski definition) is 6. The van der Waals surface area contributed by atoms with Gasteiger partial charge < -0.3 is 26.2 Å². The summed E-state index contributed by atoms with van der Waals surface area (Å²) in [6.07, 6.45) is 0. The van der Waals surface area contributed by atoms with Crippen molar-refractivity contribution in [1.29, 1.82) is 0 Å². The molecular formula is C22H19NaO6. The van der Waals surface area contributed by atoms with Crippen molar-refractivity contribution in [3.8, 4) is 23.0 Å². The van der Waals surface area contributed by atoms with Gasteiger partial charge in [-0.05, 0) is 37.3 Å². The van der Waals surface area contributed by atoms with Crippen molar-refractivity contribution >= 4 is 5.97 Å². The van der Waals surface area contributed by atoms with Crippen molar-refractivity contribution < 1.29 is 60.6 Å². The predicted molar refractivity (Wildman–Crippen MR) is 102 cm³/mol. The van der Waals surface area contributed by atoms with E-state index in [4.69, 9.17) is 14.6 Å². The molecule has 0 unspecified atom stereocenters. The third-order valence-electron chi connectivity index (χ3n) is 4.68. The Morgan fingerprint density at radius 3 is 1.97 bits per heavy atom. The number of aliphatic hydroxyl groups is 1. The number of aromatic hydroxyl groups is 2. The Bertz CT molecular complexity index is 1030. The minimum atomic E-state index is -1.17. The maximum absolute atomic E-state index is 12.5.